The van der Waals surface area contributed by atoms with Gasteiger partial charge in [-0.1, -0.05) is 12.1 Å². The second kappa shape index (κ2) is 6.51. The van der Waals surface area contributed by atoms with E-state index in [1.54, 1.807) is 24.4 Å². The quantitative estimate of drug-likeness (QED) is 0.713. The molecule has 0 N–H and O–H groups in total. The van der Waals surface area contributed by atoms with Gasteiger partial charge in [-0.2, -0.15) is 0 Å². The summed E-state index contributed by atoms with van der Waals surface area (Å²) in [5.41, 5.74) is 2.01. The van der Waals surface area contributed by atoms with Crippen molar-refractivity contribution in [2.75, 3.05) is 13.1 Å². The average molecular weight is 336 g/mol. The summed E-state index contributed by atoms with van der Waals surface area (Å²) in [6, 6.07) is 13.4. The molecule has 0 atom stereocenters. The van der Waals surface area contributed by atoms with E-state index in [1.165, 1.54) is 12.1 Å². The Morgan fingerprint density at radius 3 is 2.52 bits per heavy atom. The topological polar surface area (TPSA) is 46.3 Å². The van der Waals surface area contributed by atoms with Gasteiger partial charge in [0.25, 0.3) is 5.91 Å². The molecule has 1 aliphatic heterocycles. The van der Waals surface area contributed by atoms with Crippen molar-refractivity contribution in [3.63, 3.8) is 0 Å². The van der Waals surface area contributed by atoms with Gasteiger partial charge in [0.05, 0.1) is 11.8 Å². The number of aromatic nitrogens is 1. The van der Waals surface area contributed by atoms with Crippen LogP contribution in [0.5, 0.6) is 0 Å². The highest BCUT2D eigenvalue weighted by Gasteiger charge is 2.23. The second-order valence-corrected chi connectivity index (χ2v) is 6.08. The van der Waals surface area contributed by atoms with Crippen molar-refractivity contribution >= 4 is 5.91 Å². The molecule has 126 valence electrons. The molecular formula is C20H17FN2O2. The van der Waals surface area contributed by atoms with Gasteiger partial charge in [-0.05, 0) is 49.2 Å². The molecule has 1 saturated heterocycles. The first kappa shape index (κ1) is 15.6. The summed E-state index contributed by atoms with van der Waals surface area (Å²) < 4.78 is 18.9. The predicted molar refractivity (Wildman–Crippen MR) is 92.5 cm³/mol. The number of nitrogens with zero attached hydrogens (tertiary/aromatic N) is 2. The van der Waals surface area contributed by atoms with E-state index in [0.29, 0.717) is 22.8 Å². The number of hydrogen-bond donors (Lipinski definition) is 0. The molecule has 0 spiro atoms. The van der Waals surface area contributed by atoms with E-state index in [9.17, 15) is 9.18 Å². The largest absolute Gasteiger partial charge is 0.436 e. The molecule has 0 saturated carbocycles. The van der Waals surface area contributed by atoms with E-state index in [2.05, 4.69) is 4.98 Å². The fraction of sp³-hybridized carbons (Fsp3) is 0.200. The third-order valence-electron chi connectivity index (χ3n) is 4.42. The molecule has 3 aromatic rings. The zero-order valence-corrected chi connectivity index (χ0v) is 13.6. The first-order valence-corrected chi connectivity index (χ1v) is 8.33. The Hall–Kier alpha value is -2.95. The molecule has 2 heterocycles. The number of rotatable bonds is 3. The lowest BCUT2D eigenvalue weighted by Gasteiger charge is -2.16. The number of carbonyl (C=O) groups excluding carboxylic acids is 1. The van der Waals surface area contributed by atoms with Crippen LogP contribution in [0.4, 0.5) is 4.39 Å². The standard InChI is InChI=1S/C20H17FN2O2/c21-15-9-7-14(8-10-15)18-13-22-19(25-18)16-5-1-2-6-17(16)20(24)23-11-3-4-12-23/h1-2,5-10,13H,3-4,11-12H2. The lowest BCUT2D eigenvalue weighted by atomic mass is 10.1. The molecule has 2 aromatic carbocycles. The van der Waals surface area contributed by atoms with E-state index in [1.807, 2.05) is 23.1 Å². The summed E-state index contributed by atoms with van der Waals surface area (Å²) >= 11 is 0. The molecule has 1 fully saturated rings. The minimum atomic E-state index is -0.301. The Labute approximate surface area is 144 Å². The van der Waals surface area contributed by atoms with Gasteiger partial charge in [0.1, 0.15) is 5.82 Å². The zero-order chi connectivity index (χ0) is 17.2. The van der Waals surface area contributed by atoms with Gasteiger partial charge in [-0.15, -0.1) is 0 Å². The fourth-order valence-corrected chi connectivity index (χ4v) is 3.09. The molecular weight excluding hydrogens is 319 g/mol. The monoisotopic (exact) mass is 336 g/mol. The number of amides is 1. The molecule has 4 rings (SSSR count). The van der Waals surface area contributed by atoms with Crippen molar-refractivity contribution in [3.8, 4) is 22.8 Å². The average Bonchev–Trinajstić information content (AvgIpc) is 3.34. The lowest BCUT2D eigenvalue weighted by Crippen LogP contribution is -2.28. The molecule has 5 heteroatoms. The minimum absolute atomic E-state index is 0.00892. The fourth-order valence-electron chi connectivity index (χ4n) is 3.09. The normalized spacial score (nSPS) is 14.0. The van der Waals surface area contributed by atoms with Gasteiger partial charge < -0.3 is 9.32 Å². The van der Waals surface area contributed by atoms with E-state index in [0.717, 1.165) is 31.5 Å². The number of benzene rings is 2. The van der Waals surface area contributed by atoms with Crippen LogP contribution in [-0.4, -0.2) is 28.9 Å². The highest BCUT2D eigenvalue weighted by Crippen LogP contribution is 2.29. The predicted octanol–water partition coefficient (Wildman–Crippen LogP) is 4.38. The molecule has 25 heavy (non-hydrogen) atoms. The lowest BCUT2D eigenvalue weighted by molar-refractivity contribution is 0.0793. The molecule has 0 unspecified atom stereocenters. The zero-order valence-electron chi connectivity index (χ0n) is 13.6. The van der Waals surface area contributed by atoms with E-state index >= 15 is 0 Å². The summed E-state index contributed by atoms with van der Waals surface area (Å²) in [5, 5.41) is 0. The first-order valence-electron chi connectivity index (χ1n) is 8.33. The van der Waals surface area contributed by atoms with Crippen LogP contribution < -0.4 is 0 Å². The van der Waals surface area contributed by atoms with Crippen molar-refractivity contribution < 1.29 is 13.6 Å². The maximum atomic E-state index is 13.1. The maximum Gasteiger partial charge on any atom is 0.254 e. The van der Waals surface area contributed by atoms with Crippen LogP contribution in [0.15, 0.2) is 59.1 Å². The van der Waals surface area contributed by atoms with E-state index in [4.69, 9.17) is 4.42 Å². The van der Waals surface area contributed by atoms with Crippen LogP contribution in [0.2, 0.25) is 0 Å². The summed E-state index contributed by atoms with van der Waals surface area (Å²) in [6.45, 7) is 1.58. The summed E-state index contributed by atoms with van der Waals surface area (Å²) in [5.74, 6) is 0.639. The second-order valence-electron chi connectivity index (χ2n) is 6.08. The van der Waals surface area contributed by atoms with Crippen molar-refractivity contribution in [1.29, 1.82) is 0 Å². The highest BCUT2D eigenvalue weighted by molar-refractivity contribution is 6.00. The van der Waals surface area contributed by atoms with Crippen LogP contribution in [0.25, 0.3) is 22.8 Å². The smallest absolute Gasteiger partial charge is 0.254 e. The van der Waals surface area contributed by atoms with Crippen molar-refractivity contribution in [3.05, 3.63) is 66.1 Å². The van der Waals surface area contributed by atoms with Crippen LogP contribution in [0.1, 0.15) is 23.2 Å². The van der Waals surface area contributed by atoms with Gasteiger partial charge in [0.15, 0.2) is 5.76 Å². The van der Waals surface area contributed by atoms with Gasteiger partial charge >= 0.3 is 0 Å². The van der Waals surface area contributed by atoms with Gasteiger partial charge in [-0.3, -0.25) is 4.79 Å². The number of oxazole rings is 1. The van der Waals surface area contributed by atoms with Gasteiger partial charge in [0.2, 0.25) is 5.89 Å². The maximum absolute atomic E-state index is 13.1. The summed E-state index contributed by atoms with van der Waals surface area (Å²) in [4.78, 5) is 19.0. The number of halogens is 1. The third-order valence-corrected chi connectivity index (χ3v) is 4.42. The number of carbonyl (C=O) groups is 1. The Balaban J connectivity index is 1.68. The van der Waals surface area contributed by atoms with Gasteiger partial charge in [-0.25, -0.2) is 9.37 Å². The summed E-state index contributed by atoms with van der Waals surface area (Å²) in [7, 11) is 0. The Kier molecular flexibility index (Phi) is 4.06. The molecule has 1 amide bonds. The number of hydrogen-bond acceptors (Lipinski definition) is 3. The Morgan fingerprint density at radius 2 is 1.76 bits per heavy atom. The Morgan fingerprint density at radius 1 is 1.04 bits per heavy atom. The summed E-state index contributed by atoms with van der Waals surface area (Å²) in [6.07, 6.45) is 3.68. The van der Waals surface area contributed by atoms with Crippen LogP contribution >= 0.6 is 0 Å². The van der Waals surface area contributed by atoms with Crippen LogP contribution in [-0.2, 0) is 0 Å². The highest BCUT2D eigenvalue weighted by atomic mass is 19.1. The number of likely N-dealkylation sites (tertiary alicyclic amines) is 1. The molecule has 0 radical (unpaired) electrons. The van der Waals surface area contributed by atoms with E-state index < -0.39 is 0 Å². The first-order chi connectivity index (χ1) is 12.2. The Bertz CT molecular complexity index is 896. The molecule has 1 aromatic heterocycles. The third kappa shape index (κ3) is 3.05. The molecule has 1 aliphatic rings. The van der Waals surface area contributed by atoms with Crippen LogP contribution in [0, 0.1) is 5.82 Å². The van der Waals surface area contributed by atoms with Crippen molar-refractivity contribution in [1.82, 2.24) is 9.88 Å². The van der Waals surface area contributed by atoms with Crippen molar-refractivity contribution in [2.45, 2.75) is 12.8 Å². The van der Waals surface area contributed by atoms with E-state index in [-0.39, 0.29) is 11.7 Å². The minimum Gasteiger partial charge on any atom is -0.436 e. The molecule has 4 nitrogen and oxygen atoms in total. The SMILES string of the molecule is O=C(c1ccccc1-c1ncc(-c2ccc(F)cc2)o1)N1CCCC1. The van der Waals surface area contributed by atoms with Crippen LogP contribution in [0.3, 0.4) is 0 Å². The van der Waals surface area contributed by atoms with Gasteiger partial charge in [0, 0.05) is 24.2 Å². The molecule has 0 aliphatic carbocycles. The molecule has 0 bridgehead atoms. The van der Waals surface area contributed by atoms with Crippen molar-refractivity contribution in [2.24, 2.45) is 0 Å².